The van der Waals surface area contributed by atoms with E-state index in [-0.39, 0.29) is 88.6 Å². The maximum Gasteiger partial charge on any atom is 0.306 e. The molecule has 0 aliphatic rings. The Bertz CT molecular complexity index is 748. The van der Waals surface area contributed by atoms with Gasteiger partial charge in [0.05, 0.1) is 12.5 Å². The molecule has 0 aliphatic heterocycles. The lowest BCUT2D eigenvalue weighted by atomic mass is 9.92. The number of rotatable bonds is 6. The highest BCUT2D eigenvalue weighted by atomic mass is 16.5. The van der Waals surface area contributed by atoms with Crippen LogP contribution in [0.4, 0.5) is 0 Å². The average Bonchev–Trinajstić information content (AvgIpc) is 2.68. The summed E-state index contributed by atoms with van der Waals surface area (Å²) in [6.45, 7) is 31.1. The van der Waals surface area contributed by atoms with E-state index in [0.717, 1.165) is 6.54 Å². The number of hydrogen-bond donors (Lipinski definition) is 1. The average molecular weight is 668 g/mol. The van der Waals surface area contributed by atoms with Crippen molar-refractivity contribution >= 4 is 23.7 Å². The molecule has 8 nitrogen and oxygen atoms in total. The van der Waals surface area contributed by atoms with Gasteiger partial charge in [-0.3, -0.25) is 19.2 Å². The molecule has 0 aromatic rings. The summed E-state index contributed by atoms with van der Waals surface area (Å²) in [5, 5.41) is 2.58. The number of amides is 3. The summed E-state index contributed by atoms with van der Waals surface area (Å²) in [6.07, 6.45) is 2.36. The van der Waals surface area contributed by atoms with E-state index < -0.39 is 0 Å². The van der Waals surface area contributed by atoms with Crippen LogP contribution in [0.1, 0.15) is 167 Å². The molecule has 0 aliphatic carbocycles. The van der Waals surface area contributed by atoms with Crippen molar-refractivity contribution in [3.05, 3.63) is 0 Å². The number of nitrogens with one attached hydrogen (secondary N) is 1. The van der Waals surface area contributed by atoms with Crippen LogP contribution in [0.2, 0.25) is 0 Å². The van der Waals surface area contributed by atoms with Gasteiger partial charge in [0.1, 0.15) is 0 Å². The highest BCUT2D eigenvalue weighted by Crippen LogP contribution is 2.20. The van der Waals surface area contributed by atoms with Crippen LogP contribution in [-0.4, -0.2) is 74.3 Å². The molecule has 8 heteroatoms. The molecule has 0 aromatic heterocycles. The first-order chi connectivity index (χ1) is 18.0. The summed E-state index contributed by atoms with van der Waals surface area (Å²) >= 11 is 0. The van der Waals surface area contributed by atoms with E-state index in [0.29, 0.717) is 25.7 Å². The van der Waals surface area contributed by atoms with Gasteiger partial charge in [0.2, 0.25) is 17.7 Å². The molecular formula is C38H89N3O5. The Morgan fingerprint density at radius 1 is 0.587 bits per heavy atom. The van der Waals surface area contributed by atoms with E-state index in [9.17, 15) is 19.2 Å². The molecule has 0 saturated heterocycles. The van der Waals surface area contributed by atoms with Crippen molar-refractivity contribution in [1.29, 1.82) is 0 Å². The monoisotopic (exact) mass is 668 g/mol. The molecule has 46 heavy (non-hydrogen) atoms. The quantitative estimate of drug-likeness (QED) is 0.284. The van der Waals surface area contributed by atoms with Crippen LogP contribution in [0.15, 0.2) is 0 Å². The topological polar surface area (TPSA) is 96.0 Å². The first kappa shape index (κ1) is 66.3. The van der Waals surface area contributed by atoms with E-state index in [1.165, 1.54) is 0 Å². The molecule has 0 bridgehead atoms. The van der Waals surface area contributed by atoms with E-state index in [1.807, 2.05) is 69.4 Å². The predicted octanol–water partition coefficient (Wildman–Crippen LogP) is 10.1. The third-order valence-corrected chi connectivity index (χ3v) is 4.77. The lowest BCUT2D eigenvalue weighted by Crippen LogP contribution is -2.29. The largest absolute Gasteiger partial charge is 0.463 e. The Balaban J connectivity index is -0.0000000548. The Morgan fingerprint density at radius 2 is 0.891 bits per heavy atom. The summed E-state index contributed by atoms with van der Waals surface area (Å²) in [5.41, 5.74) is 0.369. The van der Waals surface area contributed by atoms with Crippen LogP contribution in [0, 0.1) is 21.7 Å². The Labute approximate surface area is 291 Å². The van der Waals surface area contributed by atoms with Crippen molar-refractivity contribution in [1.82, 2.24) is 15.1 Å². The summed E-state index contributed by atoms with van der Waals surface area (Å²) in [5.74, 6) is 0.447. The van der Waals surface area contributed by atoms with Gasteiger partial charge in [-0.25, -0.2) is 0 Å². The van der Waals surface area contributed by atoms with Crippen molar-refractivity contribution in [2.45, 2.75) is 173 Å². The zero-order chi connectivity index (χ0) is 34.0. The van der Waals surface area contributed by atoms with Crippen molar-refractivity contribution in [3.8, 4) is 0 Å². The normalized spacial score (nSPS) is 10.2. The highest BCUT2D eigenvalue weighted by molar-refractivity contribution is 5.77. The van der Waals surface area contributed by atoms with Crippen molar-refractivity contribution in [3.63, 3.8) is 0 Å². The fourth-order valence-electron chi connectivity index (χ4n) is 2.68. The summed E-state index contributed by atoms with van der Waals surface area (Å²) in [4.78, 5) is 47.5. The number of nitrogens with zero attached hydrogens (tertiary/aromatic N) is 2. The molecule has 0 saturated carbocycles. The lowest BCUT2D eigenvalue weighted by molar-refractivity contribution is -0.149. The van der Waals surface area contributed by atoms with Gasteiger partial charge in [-0.1, -0.05) is 120 Å². The molecule has 0 atom stereocenters. The Kier molecular flexibility index (Phi) is 43.6. The fourth-order valence-corrected chi connectivity index (χ4v) is 2.68. The van der Waals surface area contributed by atoms with E-state index in [4.69, 9.17) is 4.74 Å². The first-order valence-electron chi connectivity index (χ1n) is 14.8. The second-order valence-electron chi connectivity index (χ2n) is 15.9. The smallest absolute Gasteiger partial charge is 0.306 e. The number of hydrogen-bond acceptors (Lipinski definition) is 5. The van der Waals surface area contributed by atoms with E-state index in [2.05, 4.69) is 46.9 Å². The molecule has 0 radical (unpaired) electrons. The van der Waals surface area contributed by atoms with Crippen molar-refractivity contribution in [2.24, 2.45) is 21.7 Å². The zero-order valence-electron chi connectivity index (χ0n) is 30.5. The maximum absolute atomic E-state index is 11.3. The molecule has 0 unspecified atom stereocenters. The van der Waals surface area contributed by atoms with Gasteiger partial charge in [0.15, 0.2) is 0 Å². The zero-order valence-corrected chi connectivity index (χ0v) is 30.5. The van der Waals surface area contributed by atoms with Gasteiger partial charge < -0.3 is 19.9 Å². The number of esters is 1. The van der Waals surface area contributed by atoms with Crippen LogP contribution in [0.5, 0.6) is 0 Å². The van der Waals surface area contributed by atoms with Gasteiger partial charge in [-0.2, -0.15) is 0 Å². The van der Waals surface area contributed by atoms with Gasteiger partial charge in [0, 0.05) is 54.0 Å². The van der Waals surface area contributed by atoms with Gasteiger partial charge in [-0.05, 0) is 42.4 Å². The number of carbonyl (C=O) groups is 4. The maximum atomic E-state index is 11.3. The number of ether oxygens (including phenoxy) is 1. The number of carbonyl (C=O) groups excluding carboxylic acids is 4. The minimum atomic E-state index is -0.104. The van der Waals surface area contributed by atoms with Crippen LogP contribution in [0.25, 0.3) is 0 Å². The molecule has 0 spiro atoms. The third kappa shape index (κ3) is 61.0. The summed E-state index contributed by atoms with van der Waals surface area (Å²) < 4.78 is 4.99. The fraction of sp³-hybridized carbons (Fsp3) is 0.895. The minimum Gasteiger partial charge on any atom is -0.463 e. The second kappa shape index (κ2) is 30.2. The van der Waals surface area contributed by atoms with Crippen LogP contribution >= 0.6 is 0 Å². The Hall–Kier alpha value is -2.12. The molecule has 3 amide bonds. The standard InChI is InChI=1S/C9H19NO.C9H18O2.C8H17NO.C7H15NO.5CH4/c1-6-10(5)8(11)7-9(2,3)4;1-7(2)11-8(10)6-9(3,4)5;1-8(2,3)6-7(10)9(4)5;1-7(2,3)5-6(9)8-4;;;;;/h6-7H2,1-5H3;7H,6H2,1-5H3;6H2,1-5H3;5H2,1-4H3,(H,8,9);5*1H4. The van der Waals surface area contributed by atoms with Crippen LogP contribution in [0.3, 0.4) is 0 Å². The second-order valence-corrected chi connectivity index (χ2v) is 15.9. The molecule has 0 rings (SSSR count). The highest BCUT2D eigenvalue weighted by Gasteiger charge is 2.19. The van der Waals surface area contributed by atoms with Crippen molar-refractivity contribution in [2.75, 3.05) is 34.7 Å². The summed E-state index contributed by atoms with van der Waals surface area (Å²) in [7, 11) is 7.07. The van der Waals surface area contributed by atoms with Gasteiger partial charge in [0.25, 0.3) is 0 Å². The summed E-state index contributed by atoms with van der Waals surface area (Å²) in [6, 6.07) is 0. The van der Waals surface area contributed by atoms with Crippen LogP contribution in [-0.2, 0) is 23.9 Å². The minimum absolute atomic E-state index is 0. The van der Waals surface area contributed by atoms with Gasteiger partial charge in [-0.15, -0.1) is 0 Å². The SMILES string of the molecule is C.C.C.C.C.CC(C)OC(=O)CC(C)(C)C.CCN(C)C(=O)CC(C)(C)C.CN(C)C(=O)CC(C)(C)C.CNC(=O)CC(C)(C)C. The predicted molar refractivity (Wildman–Crippen MR) is 207 cm³/mol. The Morgan fingerprint density at radius 3 is 1.07 bits per heavy atom. The molecule has 0 fully saturated rings. The van der Waals surface area contributed by atoms with E-state index in [1.54, 1.807) is 30.9 Å². The van der Waals surface area contributed by atoms with Gasteiger partial charge >= 0.3 is 5.97 Å². The molecule has 286 valence electrons. The first-order valence-corrected chi connectivity index (χ1v) is 14.8. The molecule has 0 heterocycles. The molecule has 1 N–H and O–H groups in total. The molecular weight excluding hydrogens is 578 g/mol. The third-order valence-electron chi connectivity index (χ3n) is 4.77. The lowest BCUT2D eigenvalue weighted by Gasteiger charge is -2.21. The van der Waals surface area contributed by atoms with Crippen LogP contribution < -0.4 is 5.32 Å². The van der Waals surface area contributed by atoms with Crippen molar-refractivity contribution < 1.29 is 23.9 Å². The molecule has 0 aromatic carbocycles. The van der Waals surface area contributed by atoms with E-state index >= 15 is 0 Å².